The maximum absolute atomic E-state index is 11.1. The number of amides is 1. The van der Waals surface area contributed by atoms with Crippen LogP contribution in [0.5, 0.6) is 0 Å². The predicted molar refractivity (Wildman–Crippen MR) is 69.2 cm³/mol. The standard InChI is InChI=1S/C14H26N2O2/c1-13(2,3)16-10-5-4-7-14(16)8-6-9-15(11-14)12(17)18/h4-11H2,1-3H3,(H,17,18)/p-1. The van der Waals surface area contributed by atoms with Crippen LogP contribution >= 0.6 is 0 Å². The van der Waals surface area contributed by atoms with E-state index in [1.54, 1.807) is 0 Å². The fourth-order valence-electron chi connectivity index (χ4n) is 3.84. The van der Waals surface area contributed by atoms with E-state index in [0.29, 0.717) is 13.1 Å². The van der Waals surface area contributed by atoms with E-state index in [9.17, 15) is 9.90 Å². The Balaban J connectivity index is 2.22. The SMILES string of the molecule is CC(C)(C)N1CCCCC12CCCN(C(=O)[O-])C2. The minimum Gasteiger partial charge on any atom is -0.530 e. The first-order valence-electron chi connectivity index (χ1n) is 7.09. The highest BCUT2D eigenvalue weighted by atomic mass is 16.4. The summed E-state index contributed by atoms with van der Waals surface area (Å²) < 4.78 is 0. The number of carbonyl (C=O) groups excluding carboxylic acids is 1. The largest absolute Gasteiger partial charge is 0.530 e. The van der Waals surface area contributed by atoms with Gasteiger partial charge in [0.05, 0.1) is 0 Å². The monoisotopic (exact) mass is 253 g/mol. The van der Waals surface area contributed by atoms with Crippen LogP contribution in [0.3, 0.4) is 0 Å². The average molecular weight is 253 g/mol. The molecule has 104 valence electrons. The molecule has 0 N–H and O–H groups in total. The Hall–Kier alpha value is -0.770. The van der Waals surface area contributed by atoms with Crippen LogP contribution in [-0.4, -0.2) is 46.6 Å². The second-order valence-electron chi connectivity index (χ2n) is 6.79. The van der Waals surface area contributed by atoms with Crippen molar-refractivity contribution in [3.8, 4) is 0 Å². The normalized spacial score (nSPS) is 30.7. The molecule has 1 atom stereocenters. The summed E-state index contributed by atoms with van der Waals surface area (Å²) in [6.45, 7) is 9.06. The zero-order valence-corrected chi connectivity index (χ0v) is 11.9. The molecule has 0 aromatic carbocycles. The lowest BCUT2D eigenvalue weighted by Crippen LogP contribution is -2.66. The van der Waals surface area contributed by atoms with Gasteiger partial charge in [-0.1, -0.05) is 6.42 Å². The number of carbonyl (C=O) groups is 1. The van der Waals surface area contributed by atoms with E-state index in [4.69, 9.17) is 0 Å². The Labute approximate surface area is 110 Å². The second-order valence-corrected chi connectivity index (χ2v) is 6.79. The van der Waals surface area contributed by atoms with E-state index in [1.807, 2.05) is 0 Å². The summed E-state index contributed by atoms with van der Waals surface area (Å²) in [7, 11) is 0. The van der Waals surface area contributed by atoms with Gasteiger partial charge in [-0.2, -0.15) is 0 Å². The molecule has 4 nitrogen and oxygen atoms in total. The first-order valence-corrected chi connectivity index (χ1v) is 7.09. The fraction of sp³-hybridized carbons (Fsp3) is 0.929. The minimum atomic E-state index is -1.01. The molecule has 2 saturated heterocycles. The van der Waals surface area contributed by atoms with E-state index in [0.717, 1.165) is 25.8 Å². The van der Waals surface area contributed by atoms with Crippen molar-refractivity contribution in [1.29, 1.82) is 0 Å². The molecule has 0 bridgehead atoms. The van der Waals surface area contributed by atoms with Gasteiger partial charge < -0.3 is 14.8 Å². The molecular weight excluding hydrogens is 228 g/mol. The number of nitrogens with zero attached hydrogens (tertiary/aromatic N) is 2. The lowest BCUT2D eigenvalue weighted by molar-refractivity contribution is -0.269. The molecule has 2 aliphatic rings. The fourth-order valence-corrected chi connectivity index (χ4v) is 3.84. The number of likely N-dealkylation sites (tertiary alicyclic amines) is 2. The third-order valence-electron chi connectivity index (χ3n) is 4.47. The lowest BCUT2D eigenvalue weighted by atomic mass is 9.77. The highest BCUT2D eigenvalue weighted by Crippen LogP contribution is 2.40. The maximum Gasteiger partial charge on any atom is 0.136 e. The highest BCUT2D eigenvalue weighted by molar-refractivity contribution is 5.62. The summed E-state index contributed by atoms with van der Waals surface area (Å²) in [5.41, 5.74) is 0.157. The number of hydrogen-bond acceptors (Lipinski definition) is 3. The Bertz CT molecular complexity index is 320. The predicted octanol–water partition coefficient (Wildman–Crippen LogP) is 1.45. The van der Waals surface area contributed by atoms with Crippen molar-refractivity contribution in [3.05, 3.63) is 0 Å². The van der Waals surface area contributed by atoms with Crippen LogP contribution in [0.1, 0.15) is 52.9 Å². The van der Waals surface area contributed by atoms with Crippen molar-refractivity contribution in [2.75, 3.05) is 19.6 Å². The number of rotatable bonds is 0. The van der Waals surface area contributed by atoms with E-state index in [1.165, 1.54) is 17.7 Å². The molecular formula is C14H25N2O2-. The molecule has 2 rings (SSSR count). The van der Waals surface area contributed by atoms with Crippen LogP contribution in [0, 0.1) is 0 Å². The van der Waals surface area contributed by atoms with Gasteiger partial charge in [-0.3, -0.25) is 4.90 Å². The molecule has 2 fully saturated rings. The van der Waals surface area contributed by atoms with Gasteiger partial charge in [0.1, 0.15) is 6.09 Å². The van der Waals surface area contributed by atoms with Crippen molar-refractivity contribution >= 4 is 6.09 Å². The molecule has 0 aliphatic carbocycles. The lowest BCUT2D eigenvalue weighted by Gasteiger charge is -2.57. The van der Waals surface area contributed by atoms with E-state index < -0.39 is 6.09 Å². The number of carboxylic acid groups (broad SMARTS) is 1. The number of piperidine rings is 2. The van der Waals surface area contributed by atoms with Crippen LogP contribution in [0.25, 0.3) is 0 Å². The topological polar surface area (TPSA) is 46.6 Å². The van der Waals surface area contributed by atoms with E-state index in [-0.39, 0.29) is 11.1 Å². The zero-order chi connectivity index (χ0) is 13.4. The first-order chi connectivity index (χ1) is 8.35. The maximum atomic E-state index is 11.1. The molecule has 0 aromatic rings. The van der Waals surface area contributed by atoms with Gasteiger partial charge in [0.25, 0.3) is 0 Å². The Kier molecular flexibility index (Phi) is 3.58. The summed E-state index contributed by atoms with van der Waals surface area (Å²) in [6.07, 6.45) is 4.63. The molecule has 1 spiro atoms. The van der Waals surface area contributed by atoms with Gasteiger partial charge in [0, 0.05) is 24.2 Å². The Morgan fingerprint density at radius 3 is 2.39 bits per heavy atom. The molecule has 4 heteroatoms. The van der Waals surface area contributed by atoms with Crippen molar-refractivity contribution in [2.45, 2.75) is 64.0 Å². The third-order valence-corrected chi connectivity index (χ3v) is 4.47. The van der Waals surface area contributed by atoms with Gasteiger partial charge in [0.15, 0.2) is 0 Å². The van der Waals surface area contributed by atoms with Crippen LogP contribution in [0.4, 0.5) is 4.79 Å². The molecule has 2 aliphatic heterocycles. The van der Waals surface area contributed by atoms with Gasteiger partial charge in [-0.15, -0.1) is 0 Å². The van der Waals surface area contributed by atoms with Crippen LogP contribution in [0.2, 0.25) is 0 Å². The molecule has 1 unspecified atom stereocenters. The summed E-state index contributed by atoms with van der Waals surface area (Å²) in [6, 6.07) is 0. The summed E-state index contributed by atoms with van der Waals surface area (Å²) in [5.74, 6) is 0. The number of hydrogen-bond donors (Lipinski definition) is 0. The summed E-state index contributed by atoms with van der Waals surface area (Å²) >= 11 is 0. The zero-order valence-electron chi connectivity index (χ0n) is 11.9. The Morgan fingerprint density at radius 1 is 1.11 bits per heavy atom. The first kappa shape index (κ1) is 13.7. The van der Waals surface area contributed by atoms with Crippen molar-refractivity contribution < 1.29 is 9.90 Å². The molecule has 0 aromatic heterocycles. The van der Waals surface area contributed by atoms with Crippen LogP contribution < -0.4 is 5.11 Å². The van der Waals surface area contributed by atoms with Gasteiger partial charge in [-0.25, -0.2) is 0 Å². The summed E-state index contributed by atoms with van der Waals surface area (Å²) in [4.78, 5) is 15.2. The molecule has 18 heavy (non-hydrogen) atoms. The molecule has 0 saturated carbocycles. The smallest absolute Gasteiger partial charge is 0.136 e. The van der Waals surface area contributed by atoms with Crippen molar-refractivity contribution in [1.82, 2.24) is 9.80 Å². The quantitative estimate of drug-likeness (QED) is 0.656. The van der Waals surface area contributed by atoms with E-state index in [2.05, 4.69) is 25.7 Å². The average Bonchev–Trinajstić information content (AvgIpc) is 2.28. The van der Waals surface area contributed by atoms with Crippen molar-refractivity contribution in [3.63, 3.8) is 0 Å². The molecule has 0 radical (unpaired) electrons. The third kappa shape index (κ3) is 2.48. The van der Waals surface area contributed by atoms with Crippen LogP contribution in [0.15, 0.2) is 0 Å². The van der Waals surface area contributed by atoms with Crippen LogP contribution in [-0.2, 0) is 0 Å². The minimum absolute atomic E-state index is 0.0504. The van der Waals surface area contributed by atoms with E-state index >= 15 is 0 Å². The van der Waals surface area contributed by atoms with Crippen molar-refractivity contribution in [2.24, 2.45) is 0 Å². The Morgan fingerprint density at radius 2 is 1.78 bits per heavy atom. The summed E-state index contributed by atoms with van der Waals surface area (Å²) in [5, 5.41) is 11.1. The van der Waals surface area contributed by atoms with Gasteiger partial charge in [-0.05, 0) is 53.0 Å². The molecule has 2 heterocycles. The van der Waals surface area contributed by atoms with Gasteiger partial charge >= 0.3 is 0 Å². The highest BCUT2D eigenvalue weighted by Gasteiger charge is 2.45. The second kappa shape index (κ2) is 4.72. The van der Waals surface area contributed by atoms with Gasteiger partial charge in [0.2, 0.25) is 0 Å². The molecule has 1 amide bonds.